The van der Waals surface area contributed by atoms with E-state index in [2.05, 4.69) is 0 Å². The molecule has 0 aliphatic carbocycles. The number of likely N-dealkylation sites (tertiary alicyclic amines) is 1. The molecular weight excluding hydrogens is 531 g/mol. The average molecular weight is 560 g/mol. The van der Waals surface area contributed by atoms with Crippen LogP contribution in [0.25, 0.3) is 0 Å². The minimum atomic E-state index is -3.88. The summed E-state index contributed by atoms with van der Waals surface area (Å²) in [7, 11) is -3.88. The number of carbonyl (C=O) groups excluding carboxylic acids is 1. The molecule has 2 aromatic rings. The number of amides is 1. The topological polar surface area (TPSA) is 66.9 Å². The van der Waals surface area contributed by atoms with Crippen molar-refractivity contribution in [2.24, 2.45) is 5.41 Å². The highest BCUT2D eigenvalue weighted by Gasteiger charge is 2.43. The first-order valence-electron chi connectivity index (χ1n) is 11.8. The molecule has 35 heavy (non-hydrogen) atoms. The van der Waals surface area contributed by atoms with E-state index in [1.807, 2.05) is 4.90 Å². The van der Waals surface area contributed by atoms with Gasteiger partial charge < -0.3 is 9.64 Å². The van der Waals surface area contributed by atoms with Gasteiger partial charge in [0, 0.05) is 48.1 Å². The van der Waals surface area contributed by atoms with Crippen LogP contribution < -0.4 is 4.74 Å². The van der Waals surface area contributed by atoms with Gasteiger partial charge >= 0.3 is 0 Å². The maximum absolute atomic E-state index is 13.6. The minimum Gasteiger partial charge on any atom is -0.493 e. The van der Waals surface area contributed by atoms with Gasteiger partial charge in [0.1, 0.15) is 10.6 Å². The zero-order valence-electron chi connectivity index (χ0n) is 19.4. The molecule has 4 rings (SSSR count). The van der Waals surface area contributed by atoms with Crippen LogP contribution >= 0.6 is 34.8 Å². The maximum atomic E-state index is 13.6. The Bertz CT molecular complexity index is 1150. The molecule has 1 unspecified atom stereocenters. The molecule has 2 aromatic carbocycles. The van der Waals surface area contributed by atoms with Crippen molar-refractivity contribution in [2.45, 2.75) is 43.4 Å². The monoisotopic (exact) mass is 558 g/mol. The molecule has 10 heteroatoms. The predicted molar refractivity (Wildman–Crippen MR) is 139 cm³/mol. The lowest BCUT2D eigenvalue weighted by molar-refractivity contribution is -0.136. The third kappa shape index (κ3) is 6.44. The Morgan fingerprint density at radius 1 is 0.914 bits per heavy atom. The third-order valence-electron chi connectivity index (χ3n) is 6.73. The van der Waals surface area contributed by atoms with Crippen molar-refractivity contribution in [3.05, 3.63) is 57.5 Å². The van der Waals surface area contributed by atoms with Gasteiger partial charge in [0.2, 0.25) is 15.9 Å². The van der Waals surface area contributed by atoms with Crippen LogP contribution in [0.1, 0.15) is 38.5 Å². The zero-order valence-corrected chi connectivity index (χ0v) is 22.5. The van der Waals surface area contributed by atoms with Gasteiger partial charge in [-0.15, -0.1) is 0 Å². The molecule has 0 N–H and O–H groups in total. The molecule has 2 heterocycles. The van der Waals surface area contributed by atoms with E-state index in [1.165, 1.54) is 22.5 Å². The molecule has 0 aromatic heterocycles. The Balaban J connectivity index is 1.59. The number of carbonyl (C=O) groups is 1. The van der Waals surface area contributed by atoms with Crippen molar-refractivity contribution in [3.8, 4) is 5.75 Å². The Labute approximate surface area is 222 Å². The van der Waals surface area contributed by atoms with Gasteiger partial charge in [-0.1, -0.05) is 34.8 Å². The quantitative estimate of drug-likeness (QED) is 0.424. The van der Waals surface area contributed by atoms with Crippen molar-refractivity contribution in [2.75, 3.05) is 32.8 Å². The molecule has 1 atom stereocenters. The number of ether oxygens (including phenoxy) is 1. The Morgan fingerprint density at radius 2 is 1.60 bits per heavy atom. The number of hydrogen-bond acceptors (Lipinski definition) is 4. The molecular formula is C25H29Cl3N2O4S. The summed E-state index contributed by atoms with van der Waals surface area (Å²) in [6.45, 7) is 2.22. The molecule has 0 spiro atoms. The van der Waals surface area contributed by atoms with Crippen molar-refractivity contribution in [1.29, 1.82) is 0 Å². The van der Waals surface area contributed by atoms with Crippen LogP contribution in [0.2, 0.25) is 15.1 Å². The summed E-state index contributed by atoms with van der Waals surface area (Å²) in [6, 6.07) is 11.4. The highest BCUT2D eigenvalue weighted by atomic mass is 35.5. The molecule has 2 saturated heterocycles. The number of benzene rings is 2. The zero-order chi connectivity index (χ0) is 25.1. The molecule has 1 amide bonds. The lowest BCUT2D eigenvalue weighted by atomic mass is 9.78. The van der Waals surface area contributed by atoms with Crippen molar-refractivity contribution in [3.63, 3.8) is 0 Å². The van der Waals surface area contributed by atoms with Crippen molar-refractivity contribution >= 4 is 50.7 Å². The van der Waals surface area contributed by atoms with Crippen LogP contribution in [-0.2, 0) is 14.8 Å². The number of rotatable bonds is 7. The van der Waals surface area contributed by atoms with Crippen LogP contribution in [0.3, 0.4) is 0 Å². The third-order valence-corrected chi connectivity index (χ3v) is 9.55. The fourth-order valence-corrected chi connectivity index (χ4v) is 7.31. The lowest BCUT2D eigenvalue weighted by Gasteiger charge is -2.42. The van der Waals surface area contributed by atoms with Gasteiger partial charge in [0.05, 0.1) is 11.6 Å². The van der Waals surface area contributed by atoms with Gasteiger partial charge in [0.15, 0.2) is 0 Å². The molecule has 2 aliphatic heterocycles. The van der Waals surface area contributed by atoms with Crippen LogP contribution in [0.4, 0.5) is 0 Å². The first-order chi connectivity index (χ1) is 16.7. The van der Waals surface area contributed by atoms with E-state index in [0.717, 1.165) is 32.4 Å². The summed E-state index contributed by atoms with van der Waals surface area (Å²) >= 11 is 18.2. The predicted octanol–water partition coefficient (Wildman–Crippen LogP) is 5.90. The second-order valence-electron chi connectivity index (χ2n) is 9.38. The molecule has 0 saturated carbocycles. The average Bonchev–Trinajstić information content (AvgIpc) is 2.84. The van der Waals surface area contributed by atoms with Crippen molar-refractivity contribution < 1.29 is 17.9 Å². The standard InChI is InChI=1S/C25H29Cl3N2O4S/c26-19-5-8-21(9-6-19)34-18-25(16-24(31)29-12-2-1-3-13-29)11-4-14-30(17-25)35(32,33)23-10-7-20(27)15-22(23)28/h5-10,15H,1-4,11-14,16-18H2. The summed E-state index contributed by atoms with van der Waals surface area (Å²) in [5.41, 5.74) is -0.668. The largest absolute Gasteiger partial charge is 0.493 e. The van der Waals surface area contributed by atoms with Gasteiger partial charge in [-0.2, -0.15) is 4.31 Å². The van der Waals surface area contributed by atoms with E-state index in [0.29, 0.717) is 35.2 Å². The fourth-order valence-electron chi connectivity index (χ4n) is 4.85. The molecule has 0 bridgehead atoms. The number of piperidine rings is 2. The highest BCUT2D eigenvalue weighted by Crippen LogP contribution is 2.39. The van der Waals surface area contributed by atoms with E-state index in [-0.39, 0.29) is 35.4 Å². The fraction of sp³-hybridized carbons (Fsp3) is 0.480. The molecule has 2 fully saturated rings. The Hall–Kier alpha value is -1.51. The number of halogens is 3. The first-order valence-corrected chi connectivity index (χ1v) is 14.4. The second kappa shape index (κ2) is 11.3. The normalized spacial score (nSPS) is 21.6. The molecule has 6 nitrogen and oxygen atoms in total. The number of sulfonamides is 1. The Kier molecular flexibility index (Phi) is 8.54. The summed E-state index contributed by atoms with van der Waals surface area (Å²) in [4.78, 5) is 15.2. The van der Waals surface area contributed by atoms with E-state index in [9.17, 15) is 13.2 Å². The van der Waals surface area contributed by atoms with E-state index in [4.69, 9.17) is 39.5 Å². The molecule has 2 aliphatic rings. The van der Waals surface area contributed by atoms with Crippen LogP contribution in [0, 0.1) is 5.41 Å². The maximum Gasteiger partial charge on any atom is 0.244 e. The molecule has 190 valence electrons. The SMILES string of the molecule is O=C(CC1(COc2ccc(Cl)cc2)CCCN(S(=O)(=O)c2ccc(Cl)cc2Cl)C1)N1CCCCC1. The van der Waals surface area contributed by atoms with Crippen molar-refractivity contribution in [1.82, 2.24) is 9.21 Å². The number of hydrogen-bond donors (Lipinski definition) is 0. The van der Waals surface area contributed by atoms with Gasteiger partial charge in [-0.3, -0.25) is 4.79 Å². The van der Waals surface area contributed by atoms with Crippen LogP contribution in [0.5, 0.6) is 5.75 Å². The van der Waals surface area contributed by atoms with E-state index >= 15 is 0 Å². The minimum absolute atomic E-state index is 0.0142. The summed E-state index contributed by atoms with van der Waals surface area (Å²) in [6.07, 6.45) is 4.64. The smallest absolute Gasteiger partial charge is 0.244 e. The molecule has 0 radical (unpaired) electrons. The van der Waals surface area contributed by atoms with Gasteiger partial charge in [-0.25, -0.2) is 8.42 Å². The highest BCUT2D eigenvalue weighted by molar-refractivity contribution is 7.89. The van der Waals surface area contributed by atoms with E-state index < -0.39 is 15.4 Å². The van der Waals surface area contributed by atoms with E-state index in [1.54, 1.807) is 24.3 Å². The van der Waals surface area contributed by atoms with Gasteiger partial charge in [-0.05, 0) is 74.6 Å². The summed E-state index contributed by atoms with van der Waals surface area (Å²) in [5.74, 6) is 0.674. The van der Waals surface area contributed by atoms with Crippen LogP contribution in [-0.4, -0.2) is 56.3 Å². The summed E-state index contributed by atoms with van der Waals surface area (Å²) < 4.78 is 34.6. The Morgan fingerprint density at radius 3 is 2.29 bits per heavy atom. The first kappa shape index (κ1) is 26.6. The summed E-state index contributed by atoms with van der Waals surface area (Å²) in [5, 5.41) is 1.04. The lowest BCUT2D eigenvalue weighted by Crippen LogP contribution is -2.51. The van der Waals surface area contributed by atoms with Crippen LogP contribution in [0.15, 0.2) is 47.4 Å². The number of nitrogens with zero attached hydrogens (tertiary/aromatic N) is 2. The second-order valence-corrected chi connectivity index (χ2v) is 12.6. The van der Waals surface area contributed by atoms with Gasteiger partial charge in [0.25, 0.3) is 0 Å².